The molecule has 0 amide bonds. The monoisotopic (exact) mass is 254 g/mol. The van der Waals surface area contributed by atoms with Gasteiger partial charge in [0.2, 0.25) is 0 Å². The number of nitrogens with one attached hydrogen (secondary N) is 1. The minimum absolute atomic E-state index is 0.124. The minimum atomic E-state index is -0.461. The molecule has 0 saturated carbocycles. The van der Waals surface area contributed by atoms with Crippen molar-refractivity contribution >= 4 is 12.0 Å². The first-order valence-electron chi connectivity index (χ1n) is 6.23. The van der Waals surface area contributed by atoms with Crippen molar-refractivity contribution in [2.75, 3.05) is 18.5 Å². The molecule has 0 spiro atoms. The standard InChI is InChI=1S/C13H22N2O3/c1-6-17-11(16)10-7-18-12(15-10)14-8-13(4,5)9(2)3/h7,9H,6,8H2,1-5H3,(H,14,15). The summed E-state index contributed by atoms with van der Waals surface area (Å²) in [5, 5.41) is 3.10. The molecule has 0 aromatic carbocycles. The summed E-state index contributed by atoms with van der Waals surface area (Å²) in [5.41, 5.74) is 0.320. The average molecular weight is 254 g/mol. The molecule has 5 heteroatoms. The van der Waals surface area contributed by atoms with Crippen LogP contribution in [0.5, 0.6) is 0 Å². The normalized spacial score (nSPS) is 11.7. The van der Waals surface area contributed by atoms with Gasteiger partial charge in [-0.25, -0.2) is 4.79 Å². The molecule has 0 aliphatic carbocycles. The number of oxazole rings is 1. The van der Waals surface area contributed by atoms with Crippen LogP contribution in [-0.2, 0) is 4.74 Å². The highest BCUT2D eigenvalue weighted by molar-refractivity contribution is 5.87. The Morgan fingerprint density at radius 3 is 2.78 bits per heavy atom. The zero-order valence-corrected chi connectivity index (χ0v) is 11.7. The fraction of sp³-hybridized carbons (Fsp3) is 0.692. The van der Waals surface area contributed by atoms with E-state index in [1.54, 1.807) is 6.92 Å². The Morgan fingerprint density at radius 2 is 2.22 bits per heavy atom. The highest BCUT2D eigenvalue weighted by atomic mass is 16.5. The van der Waals surface area contributed by atoms with Crippen molar-refractivity contribution in [3.8, 4) is 0 Å². The van der Waals surface area contributed by atoms with Crippen LogP contribution in [0.1, 0.15) is 45.1 Å². The van der Waals surface area contributed by atoms with Crippen molar-refractivity contribution in [1.82, 2.24) is 4.98 Å². The molecule has 0 aliphatic rings. The number of carbonyl (C=O) groups excluding carboxylic acids is 1. The second-order valence-corrected chi connectivity index (χ2v) is 5.26. The van der Waals surface area contributed by atoms with E-state index in [1.807, 2.05) is 0 Å². The highest BCUT2D eigenvalue weighted by Crippen LogP contribution is 2.26. The highest BCUT2D eigenvalue weighted by Gasteiger charge is 2.23. The first kappa shape index (κ1) is 14.5. The van der Waals surface area contributed by atoms with Crippen molar-refractivity contribution in [2.24, 2.45) is 11.3 Å². The average Bonchev–Trinajstić information content (AvgIpc) is 2.75. The summed E-state index contributed by atoms with van der Waals surface area (Å²) < 4.78 is 10.0. The molecule has 0 fully saturated rings. The molecule has 0 saturated heterocycles. The van der Waals surface area contributed by atoms with E-state index in [0.29, 0.717) is 18.5 Å². The SMILES string of the molecule is CCOC(=O)c1coc(NCC(C)(C)C(C)C)n1. The third-order valence-electron chi connectivity index (χ3n) is 3.25. The number of aromatic nitrogens is 1. The number of carbonyl (C=O) groups is 1. The number of ether oxygens (including phenoxy) is 1. The first-order valence-corrected chi connectivity index (χ1v) is 6.23. The molecule has 1 aromatic heterocycles. The fourth-order valence-corrected chi connectivity index (χ4v) is 1.16. The lowest BCUT2D eigenvalue weighted by molar-refractivity contribution is 0.0519. The van der Waals surface area contributed by atoms with Crippen LogP contribution in [0, 0.1) is 11.3 Å². The minimum Gasteiger partial charge on any atom is -0.461 e. The Balaban J connectivity index is 2.57. The van der Waals surface area contributed by atoms with E-state index < -0.39 is 5.97 Å². The van der Waals surface area contributed by atoms with E-state index in [1.165, 1.54) is 6.26 Å². The Morgan fingerprint density at radius 1 is 1.56 bits per heavy atom. The van der Waals surface area contributed by atoms with Gasteiger partial charge in [0.05, 0.1) is 6.61 Å². The predicted octanol–water partition coefficient (Wildman–Crippen LogP) is 2.95. The zero-order chi connectivity index (χ0) is 13.8. The zero-order valence-electron chi connectivity index (χ0n) is 11.7. The van der Waals surface area contributed by atoms with Crippen LogP contribution in [0.15, 0.2) is 10.7 Å². The third kappa shape index (κ3) is 3.75. The maximum absolute atomic E-state index is 11.4. The molecule has 0 bridgehead atoms. The lowest BCUT2D eigenvalue weighted by Gasteiger charge is -2.28. The Labute approximate surface area is 108 Å². The van der Waals surface area contributed by atoms with Crippen LogP contribution in [0.2, 0.25) is 0 Å². The molecule has 18 heavy (non-hydrogen) atoms. The van der Waals surface area contributed by atoms with Gasteiger partial charge in [-0.2, -0.15) is 4.98 Å². The molecule has 1 rings (SSSR count). The summed E-state index contributed by atoms with van der Waals surface area (Å²) >= 11 is 0. The summed E-state index contributed by atoms with van der Waals surface area (Å²) in [5.74, 6) is 0.0712. The van der Waals surface area contributed by atoms with Crippen molar-refractivity contribution in [3.63, 3.8) is 0 Å². The molecule has 0 radical (unpaired) electrons. The van der Waals surface area contributed by atoms with Gasteiger partial charge in [0.25, 0.3) is 6.01 Å². The number of esters is 1. The summed E-state index contributed by atoms with van der Waals surface area (Å²) in [4.78, 5) is 15.4. The molecule has 0 aliphatic heterocycles. The summed E-state index contributed by atoms with van der Waals surface area (Å²) in [7, 11) is 0. The van der Waals surface area contributed by atoms with Gasteiger partial charge >= 0.3 is 5.97 Å². The lowest BCUT2D eigenvalue weighted by atomic mass is 9.81. The Kier molecular flexibility index (Phi) is 4.76. The largest absolute Gasteiger partial charge is 0.461 e. The molecule has 5 nitrogen and oxygen atoms in total. The van der Waals surface area contributed by atoms with Crippen LogP contribution < -0.4 is 5.32 Å². The number of hydrogen-bond acceptors (Lipinski definition) is 5. The van der Waals surface area contributed by atoms with E-state index in [2.05, 4.69) is 38.0 Å². The maximum Gasteiger partial charge on any atom is 0.360 e. The van der Waals surface area contributed by atoms with Gasteiger partial charge in [0.15, 0.2) is 5.69 Å². The summed E-state index contributed by atoms with van der Waals surface area (Å²) in [6, 6.07) is 0.353. The van der Waals surface area contributed by atoms with Crippen molar-refractivity contribution in [1.29, 1.82) is 0 Å². The van der Waals surface area contributed by atoms with Crippen LogP contribution in [0.25, 0.3) is 0 Å². The first-order chi connectivity index (χ1) is 8.36. The third-order valence-corrected chi connectivity index (χ3v) is 3.25. The number of rotatable bonds is 6. The Bertz CT molecular complexity index is 397. The molecule has 1 aromatic rings. The molecule has 1 heterocycles. The van der Waals surface area contributed by atoms with E-state index in [9.17, 15) is 4.79 Å². The van der Waals surface area contributed by atoms with Gasteiger partial charge in [0.1, 0.15) is 6.26 Å². The van der Waals surface area contributed by atoms with E-state index >= 15 is 0 Å². The van der Waals surface area contributed by atoms with E-state index in [0.717, 1.165) is 6.54 Å². The molecule has 102 valence electrons. The van der Waals surface area contributed by atoms with E-state index in [-0.39, 0.29) is 11.1 Å². The molecule has 1 N–H and O–H groups in total. The van der Waals surface area contributed by atoms with Crippen molar-refractivity contribution in [3.05, 3.63) is 12.0 Å². The second kappa shape index (κ2) is 5.89. The van der Waals surface area contributed by atoms with Gasteiger partial charge in [-0.3, -0.25) is 0 Å². The second-order valence-electron chi connectivity index (χ2n) is 5.26. The number of anilines is 1. The van der Waals surface area contributed by atoms with Crippen LogP contribution in [0.3, 0.4) is 0 Å². The van der Waals surface area contributed by atoms with Gasteiger partial charge in [-0.15, -0.1) is 0 Å². The van der Waals surface area contributed by atoms with Crippen LogP contribution in [0.4, 0.5) is 6.01 Å². The van der Waals surface area contributed by atoms with Gasteiger partial charge in [-0.05, 0) is 18.3 Å². The number of nitrogens with zero attached hydrogens (tertiary/aromatic N) is 1. The summed E-state index contributed by atoms with van der Waals surface area (Å²) in [6.07, 6.45) is 1.31. The molecule has 0 unspecified atom stereocenters. The van der Waals surface area contributed by atoms with Crippen LogP contribution in [-0.4, -0.2) is 24.1 Å². The summed E-state index contributed by atoms with van der Waals surface area (Å²) in [6.45, 7) is 11.5. The van der Waals surface area contributed by atoms with Gasteiger partial charge in [0, 0.05) is 6.54 Å². The fourth-order valence-electron chi connectivity index (χ4n) is 1.16. The van der Waals surface area contributed by atoms with E-state index in [4.69, 9.17) is 9.15 Å². The topological polar surface area (TPSA) is 64.4 Å². The van der Waals surface area contributed by atoms with Crippen molar-refractivity contribution in [2.45, 2.75) is 34.6 Å². The smallest absolute Gasteiger partial charge is 0.360 e. The number of hydrogen-bond donors (Lipinski definition) is 1. The van der Waals surface area contributed by atoms with Crippen molar-refractivity contribution < 1.29 is 13.9 Å². The predicted molar refractivity (Wildman–Crippen MR) is 69.6 cm³/mol. The molecular formula is C13H22N2O3. The van der Waals surface area contributed by atoms with Crippen LogP contribution >= 0.6 is 0 Å². The lowest BCUT2D eigenvalue weighted by Crippen LogP contribution is -2.28. The molecule has 0 atom stereocenters. The quantitative estimate of drug-likeness (QED) is 0.791. The maximum atomic E-state index is 11.4. The van der Waals surface area contributed by atoms with Gasteiger partial charge in [-0.1, -0.05) is 27.7 Å². The van der Waals surface area contributed by atoms with Gasteiger partial charge < -0.3 is 14.5 Å². The molecular weight excluding hydrogens is 232 g/mol. The Hall–Kier alpha value is -1.52.